The van der Waals surface area contributed by atoms with Gasteiger partial charge in [0, 0.05) is 17.1 Å². The topological polar surface area (TPSA) is 35.2 Å². The lowest BCUT2D eigenvalue weighted by atomic mass is 10.1. The summed E-state index contributed by atoms with van der Waals surface area (Å²) in [4.78, 5) is 0. The molecule has 2 N–H and O–H groups in total. The van der Waals surface area contributed by atoms with E-state index in [9.17, 15) is 0 Å². The molecule has 0 spiro atoms. The summed E-state index contributed by atoms with van der Waals surface area (Å²) in [6.45, 7) is 4.43. The molecular formula is C15H16ClNO. The van der Waals surface area contributed by atoms with Crippen molar-refractivity contribution in [2.45, 2.75) is 20.4 Å². The SMILES string of the molecule is Cc1cc(Cl)cc(C)c1Oc1ccccc1CN. The molecule has 3 heteroatoms. The highest BCUT2D eigenvalue weighted by Gasteiger charge is 2.09. The molecule has 18 heavy (non-hydrogen) atoms. The molecule has 0 saturated carbocycles. The zero-order valence-electron chi connectivity index (χ0n) is 10.5. The van der Waals surface area contributed by atoms with Crippen molar-refractivity contribution in [2.75, 3.05) is 0 Å². The van der Waals surface area contributed by atoms with Crippen molar-refractivity contribution in [3.8, 4) is 11.5 Å². The van der Waals surface area contributed by atoms with Crippen LogP contribution in [-0.2, 0) is 6.54 Å². The highest BCUT2D eigenvalue weighted by Crippen LogP contribution is 2.32. The fraction of sp³-hybridized carbons (Fsp3) is 0.200. The molecule has 0 saturated heterocycles. The van der Waals surface area contributed by atoms with Gasteiger partial charge in [-0.25, -0.2) is 0 Å². The molecule has 2 aromatic rings. The Morgan fingerprint density at radius 2 is 1.72 bits per heavy atom. The Hall–Kier alpha value is -1.51. The maximum absolute atomic E-state index is 6.01. The molecule has 94 valence electrons. The summed E-state index contributed by atoms with van der Waals surface area (Å²) in [7, 11) is 0. The van der Waals surface area contributed by atoms with Crippen LogP contribution in [0.5, 0.6) is 11.5 Å². The summed E-state index contributed by atoms with van der Waals surface area (Å²) >= 11 is 6.01. The van der Waals surface area contributed by atoms with E-state index in [4.69, 9.17) is 22.1 Å². The van der Waals surface area contributed by atoms with E-state index in [-0.39, 0.29) is 0 Å². The van der Waals surface area contributed by atoms with Crippen LogP contribution in [0.4, 0.5) is 0 Å². The van der Waals surface area contributed by atoms with Crippen molar-refractivity contribution in [1.82, 2.24) is 0 Å². The van der Waals surface area contributed by atoms with E-state index in [2.05, 4.69) is 0 Å². The van der Waals surface area contributed by atoms with E-state index in [1.807, 2.05) is 50.2 Å². The molecule has 0 amide bonds. The van der Waals surface area contributed by atoms with E-state index < -0.39 is 0 Å². The van der Waals surface area contributed by atoms with E-state index in [0.29, 0.717) is 6.54 Å². The van der Waals surface area contributed by atoms with Gasteiger partial charge in [-0.2, -0.15) is 0 Å². The predicted molar refractivity (Wildman–Crippen MR) is 75.3 cm³/mol. The minimum Gasteiger partial charge on any atom is -0.456 e. The molecule has 0 bridgehead atoms. The molecule has 0 aromatic heterocycles. The van der Waals surface area contributed by atoms with Gasteiger partial charge < -0.3 is 10.5 Å². The molecule has 2 aromatic carbocycles. The molecule has 0 fully saturated rings. The van der Waals surface area contributed by atoms with Crippen molar-refractivity contribution in [2.24, 2.45) is 5.73 Å². The van der Waals surface area contributed by atoms with Crippen LogP contribution in [-0.4, -0.2) is 0 Å². The van der Waals surface area contributed by atoms with Gasteiger partial charge in [0.2, 0.25) is 0 Å². The lowest BCUT2D eigenvalue weighted by Crippen LogP contribution is -2.00. The first-order chi connectivity index (χ1) is 8.61. The molecule has 0 atom stereocenters. The van der Waals surface area contributed by atoms with Crippen molar-refractivity contribution >= 4 is 11.6 Å². The van der Waals surface area contributed by atoms with Gasteiger partial charge in [-0.15, -0.1) is 0 Å². The summed E-state index contributed by atoms with van der Waals surface area (Å²) in [6, 6.07) is 11.6. The molecular weight excluding hydrogens is 246 g/mol. The van der Waals surface area contributed by atoms with Crippen LogP contribution >= 0.6 is 11.6 Å². The minimum absolute atomic E-state index is 0.460. The minimum atomic E-state index is 0.460. The summed E-state index contributed by atoms with van der Waals surface area (Å²) < 4.78 is 5.98. The van der Waals surface area contributed by atoms with E-state index in [1.54, 1.807) is 0 Å². The lowest BCUT2D eigenvalue weighted by Gasteiger charge is -2.14. The third-order valence-electron chi connectivity index (χ3n) is 2.83. The summed E-state index contributed by atoms with van der Waals surface area (Å²) in [6.07, 6.45) is 0. The van der Waals surface area contributed by atoms with Gasteiger partial charge in [-0.1, -0.05) is 29.8 Å². The van der Waals surface area contributed by atoms with Gasteiger partial charge in [-0.3, -0.25) is 0 Å². The predicted octanol–water partition coefficient (Wildman–Crippen LogP) is 4.21. The smallest absolute Gasteiger partial charge is 0.133 e. The molecule has 0 heterocycles. The maximum atomic E-state index is 6.01. The lowest BCUT2D eigenvalue weighted by molar-refractivity contribution is 0.469. The molecule has 0 unspecified atom stereocenters. The van der Waals surface area contributed by atoms with Crippen LogP contribution in [0.25, 0.3) is 0 Å². The van der Waals surface area contributed by atoms with Crippen LogP contribution in [0.2, 0.25) is 5.02 Å². The van der Waals surface area contributed by atoms with Crippen LogP contribution in [0, 0.1) is 13.8 Å². The molecule has 0 aliphatic carbocycles. The number of benzene rings is 2. The first-order valence-corrected chi connectivity index (χ1v) is 6.22. The number of hydrogen-bond acceptors (Lipinski definition) is 2. The maximum Gasteiger partial charge on any atom is 0.133 e. The molecule has 2 rings (SSSR count). The number of ether oxygens (including phenoxy) is 1. The van der Waals surface area contributed by atoms with Crippen molar-refractivity contribution in [3.63, 3.8) is 0 Å². The third-order valence-corrected chi connectivity index (χ3v) is 3.05. The Kier molecular flexibility index (Phi) is 3.90. The third kappa shape index (κ3) is 2.66. The fourth-order valence-corrected chi connectivity index (χ4v) is 2.27. The van der Waals surface area contributed by atoms with Gasteiger partial charge in [-0.05, 0) is 43.2 Å². The standard InChI is InChI=1S/C15H16ClNO/c1-10-7-13(16)8-11(2)15(10)18-14-6-4-3-5-12(14)9-17/h3-8H,9,17H2,1-2H3. The fourth-order valence-electron chi connectivity index (χ4n) is 1.94. The Morgan fingerprint density at radius 1 is 1.11 bits per heavy atom. The number of nitrogens with two attached hydrogens (primary N) is 1. The van der Waals surface area contributed by atoms with E-state index in [1.165, 1.54) is 0 Å². The number of rotatable bonds is 3. The van der Waals surface area contributed by atoms with Gasteiger partial charge in [0.25, 0.3) is 0 Å². The van der Waals surface area contributed by atoms with Crippen molar-refractivity contribution in [1.29, 1.82) is 0 Å². The first-order valence-electron chi connectivity index (χ1n) is 5.84. The van der Waals surface area contributed by atoms with E-state index >= 15 is 0 Å². The quantitative estimate of drug-likeness (QED) is 0.898. The second kappa shape index (κ2) is 5.42. The Labute approximate surface area is 112 Å². The van der Waals surface area contributed by atoms with Gasteiger partial charge >= 0.3 is 0 Å². The second-order valence-electron chi connectivity index (χ2n) is 4.28. The van der Waals surface area contributed by atoms with Gasteiger partial charge in [0.15, 0.2) is 0 Å². The average Bonchev–Trinajstić information content (AvgIpc) is 2.34. The number of para-hydroxylation sites is 1. The molecule has 2 nitrogen and oxygen atoms in total. The Bertz CT molecular complexity index is 543. The summed E-state index contributed by atoms with van der Waals surface area (Å²) in [5, 5.41) is 0.726. The van der Waals surface area contributed by atoms with Gasteiger partial charge in [0.05, 0.1) is 0 Å². The average molecular weight is 262 g/mol. The highest BCUT2D eigenvalue weighted by atomic mass is 35.5. The van der Waals surface area contributed by atoms with E-state index in [0.717, 1.165) is 33.2 Å². The molecule has 0 radical (unpaired) electrons. The molecule has 0 aliphatic heterocycles. The monoisotopic (exact) mass is 261 g/mol. The van der Waals surface area contributed by atoms with Gasteiger partial charge in [0.1, 0.15) is 11.5 Å². The number of hydrogen-bond donors (Lipinski definition) is 1. The number of halogens is 1. The van der Waals surface area contributed by atoms with Crippen LogP contribution in [0.1, 0.15) is 16.7 Å². The molecule has 0 aliphatic rings. The second-order valence-corrected chi connectivity index (χ2v) is 4.72. The van der Waals surface area contributed by atoms with Crippen molar-refractivity contribution in [3.05, 3.63) is 58.1 Å². The zero-order valence-corrected chi connectivity index (χ0v) is 11.3. The zero-order chi connectivity index (χ0) is 13.1. The summed E-state index contributed by atoms with van der Waals surface area (Å²) in [5.74, 6) is 1.65. The normalized spacial score (nSPS) is 10.4. The Morgan fingerprint density at radius 3 is 2.33 bits per heavy atom. The highest BCUT2D eigenvalue weighted by molar-refractivity contribution is 6.30. The van der Waals surface area contributed by atoms with Crippen LogP contribution < -0.4 is 10.5 Å². The van der Waals surface area contributed by atoms with Crippen LogP contribution in [0.15, 0.2) is 36.4 Å². The largest absolute Gasteiger partial charge is 0.456 e. The Balaban J connectivity index is 2.40. The first kappa shape index (κ1) is 12.9. The summed E-state index contributed by atoms with van der Waals surface area (Å²) in [5.41, 5.74) is 8.74. The van der Waals surface area contributed by atoms with Crippen LogP contribution in [0.3, 0.4) is 0 Å². The number of aryl methyl sites for hydroxylation is 2. The van der Waals surface area contributed by atoms with Crippen molar-refractivity contribution < 1.29 is 4.74 Å².